The van der Waals surface area contributed by atoms with Crippen LogP contribution in [0.5, 0.6) is 0 Å². The number of nitro groups is 1. The van der Waals surface area contributed by atoms with Crippen LogP contribution in [0.1, 0.15) is 10.4 Å². The lowest BCUT2D eigenvalue weighted by atomic mass is 10.0. The maximum absolute atomic E-state index is 13.1. The number of para-hydroxylation sites is 1. The van der Waals surface area contributed by atoms with E-state index in [0.29, 0.717) is 42.5 Å². The highest BCUT2D eigenvalue weighted by atomic mass is 35.5. The SMILES string of the molecule is O=C(c1cccc2ccccc12)N1CCN(c2c(Cl)cccc2[N+](=O)[O-])CC1. The van der Waals surface area contributed by atoms with E-state index < -0.39 is 4.92 Å². The molecule has 28 heavy (non-hydrogen) atoms. The molecular weight excluding hydrogens is 378 g/mol. The van der Waals surface area contributed by atoms with Gasteiger partial charge in [0.1, 0.15) is 5.69 Å². The van der Waals surface area contributed by atoms with Gasteiger partial charge in [-0.15, -0.1) is 0 Å². The normalized spacial score (nSPS) is 14.3. The molecule has 1 aliphatic heterocycles. The van der Waals surface area contributed by atoms with Crippen molar-refractivity contribution in [2.45, 2.75) is 0 Å². The second kappa shape index (κ2) is 7.48. The van der Waals surface area contributed by atoms with Crippen LogP contribution in [0.15, 0.2) is 60.7 Å². The van der Waals surface area contributed by atoms with Crippen LogP contribution < -0.4 is 4.90 Å². The van der Waals surface area contributed by atoms with Gasteiger partial charge in [0, 0.05) is 37.8 Å². The lowest BCUT2D eigenvalue weighted by Crippen LogP contribution is -2.49. The molecule has 0 aliphatic carbocycles. The summed E-state index contributed by atoms with van der Waals surface area (Å²) in [6.45, 7) is 1.93. The number of hydrogen-bond acceptors (Lipinski definition) is 4. The Morgan fingerprint density at radius 2 is 1.61 bits per heavy atom. The highest BCUT2D eigenvalue weighted by Gasteiger charge is 2.28. The predicted molar refractivity (Wildman–Crippen MR) is 110 cm³/mol. The summed E-state index contributed by atoms with van der Waals surface area (Å²) in [4.78, 5) is 27.7. The molecule has 6 nitrogen and oxygen atoms in total. The molecule has 0 spiro atoms. The van der Waals surface area contributed by atoms with E-state index in [4.69, 9.17) is 11.6 Å². The molecule has 4 rings (SSSR count). The summed E-state index contributed by atoms with van der Waals surface area (Å²) in [7, 11) is 0. The monoisotopic (exact) mass is 395 g/mol. The first-order chi connectivity index (χ1) is 13.6. The zero-order valence-electron chi connectivity index (χ0n) is 15.0. The number of piperazine rings is 1. The molecule has 0 aromatic heterocycles. The second-order valence-corrected chi connectivity index (χ2v) is 7.08. The van der Waals surface area contributed by atoms with Crippen LogP contribution in [0.25, 0.3) is 10.8 Å². The third-order valence-electron chi connectivity index (χ3n) is 5.07. The predicted octanol–water partition coefficient (Wildman–Crippen LogP) is 4.36. The topological polar surface area (TPSA) is 66.7 Å². The zero-order chi connectivity index (χ0) is 19.7. The van der Waals surface area contributed by atoms with Gasteiger partial charge in [0.15, 0.2) is 0 Å². The number of nitrogens with zero attached hydrogens (tertiary/aromatic N) is 3. The number of nitro benzene ring substituents is 1. The summed E-state index contributed by atoms with van der Waals surface area (Å²) in [5, 5.41) is 13.7. The van der Waals surface area contributed by atoms with E-state index >= 15 is 0 Å². The molecule has 0 radical (unpaired) electrons. The van der Waals surface area contributed by atoms with Crippen molar-refractivity contribution in [1.29, 1.82) is 0 Å². The average molecular weight is 396 g/mol. The fourth-order valence-electron chi connectivity index (χ4n) is 3.68. The largest absolute Gasteiger partial charge is 0.361 e. The number of fused-ring (bicyclic) bond motifs is 1. The van der Waals surface area contributed by atoms with Gasteiger partial charge >= 0.3 is 0 Å². The van der Waals surface area contributed by atoms with E-state index in [-0.39, 0.29) is 11.6 Å². The zero-order valence-corrected chi connectivity index (χ0v) is 15.8. The molecule has 1 heterocycles. The van der Waals surface area contributed by atoms with Gasteiger partial charge in [-0.2, -0.15) is 0 Å². The second-order valence-electron chi connectivity index (χ2n) is 6.67. The van der Waals surface area contributed by atoms with Gasteiger partial charge in [-0.1, -0.05) is 54.1 Å². The van der Waals surface area contributed by atoms with E-state index in [0.717, 1.165) is 10.8 Å². The van der Waals surface area contributed by atoms with Gasteiger partial charge in [0.25, 0.3) is 11.6 Å². The van der Waals surface area contributed by atoms with Crippen LogP contribution >= 0.6 is 11.6 Å². The molecule has 0 bridgehead atoms. The molecule has 1 fully saturated rings. The Morgan fingerprint density at radius 1 is 0.929 bits per heavy atom. The molecule has 0 unspecified atom stereocenters. The van der Waals surface area contributed by atoms with Crippen molar-refractivity contribution in [1.82, 2.24) is 4.90 Å². The van der Waals surface area contributed by atoms with Gasteiger partial charge in [-0.25, -0.2) is 0 Å². The van der Waals surface area contributed by atoms with Gasteiger partial charge < -0.3 is 9.80 Å². The number of anilines is 1. The molecule has 142 valence electrons. The molecule has 1 aliphatic rings. The number of halogens is 1. The summed E-state index contributed by atoms with van der Waals surface area (Å²) >= 11 is 6.24. The van der Waals surface area contributed by atoms with Crippen LogP contribution in [0.3, 0.4) is 0 Å². The summed E-state index contributed by atoms with van der Waals surface area (Å²) in [6.07, 6.45) is 0. The molecule has 0 N–H and O–H groups in total. The van der Waals surface area contributed by atoms with Crippen molar-refractivity contribution in [2.75, 3.05) is 31.1 Å². The Labute approximate surface area is 167 Å². The van der Waals surface area contributed by atoms with Crippen molar-refractivity contribution in [3.05, 3.63) is 81.4 Å². The first-order valence-corrected chi connectivity index (χ1v) is 9.39. The first kappa shape index (κ1) is 18.3. The third-order valence-corrected chi connectivity index (χ3v) is 5.37. The Bertz CT molecular complexity index is 1060. The van der Waals surface area contributed by atoms with E-state index in [1.165, 1.54) is 6.07 Å². The lowest BCUT2D eigenvalue weighted by Gasteiger charge is -2.36. The molecule has 0 atom stereocenters. The molecule has 3 aromatic carbocycles. The Balaban J connectivity index is 1.55. The van der Waals surface area contributed by atoms with Crippen molar-refractivity contribution < 1.29 is 9.72 Å². The maximum Gasteiger partial charge on any atom is 0.294 e. The van der Waals surface area contributed by atoms with Crippen LogP contribution in [0.4, 0.5) is 11.4 Å². The summed E-state index contributed by atoms with van der Waals surface area (Å²) < 4.78 is 0. The summed E-state index contributed by atoms with van der Waals surface area (Å²) in [6, 6.07) is 18.2. The standard InChI is InChI=1S/C21H18ClN3O3/c22-18-9-4-10-19(25(27)28)20(18)23-11-13-24(14-12-23)21(26)17-8-3-6-15-5-1-2-7-16(15)17/h1-10H,11-14H2. The van der Waals surface area contributed by atoms with Crippen molar-refractivity contribution in [2.24, 2.45) is 0 Å². The molecule has 1 amide bonds. The molecule has 7 heteroatoms. The van der Waals surface area contributed by atoms with E-state index in [9.17, 15) is 14.9 Å². The van der Waals surface area contributed by atoms with Crippen molar-refractivity contribution >= 4 is 39.7 Å². The quantitative estimate of drug-likeness (QED) is 0.488. The number of carbonyl (C=O) groups excluding carboxylic acids is 1. The number of hydrogen-bond donors (Lipinski definition) is 0. The number of benzene rings is 3. The third kappa shape index (κ3) is 3.27. The highest BCUT2D eigenvalue weighted by Crippen LogP contribution is 2.36. The van der Waals surface area contributed by atoms with Crippen molar-refractivity contribution in [3.63, 3.8) is 0 Å². The number of carbonyl (C=O) groups is 1. The average Bonchev–Trinajstić information content (AvgIpc) is 2.73. The smallest absolute Gasteiger partial charge is 0.294 e. The van der Waals surface area contributed by atoms with Crippen LogP contribution in [-0.2, 0) is 0 Å². The molecular formula is C21H18ClN3O3. The highest BCUT2D eigenvalue weighted by molar-refractivity contribution is 6.33. The Hall–Kier alpha value is -3.12. The molecule has 0 saturated carbocycles. The van der Waals surface area contributed by atoms with Crippen molar-refractivity contribution in [3.8, 4) is 0 Å². The summed E-state index contributed by atoms with van der Waals surface area (Å²) in [5.74, 6) is -0.0230. The van der Waals surface area contributed by atoms with E-state index in [1.54, 1.807) is 17.0 Å². The van der Waals surface area contributed by atoms with Gasteiger partial charge in [0.2, 0.25) is 0 Å². The fraction of sp³-hybridized carbons (Fsp3) is 0.190. The van der Waals surface area contributed by atoms with E-state index in [1.807, 2.05) is 47.4 Å². The van der Waals surface area contributed by atoms with Gasteiger partial charge in [0.05, 0.1) is 9.95 Å². The van der Waals surface area contributed by atoms with Crippen LogP contribution in [0, 0.1) is 10.1 Å². The molecule has 1 saturated heterocycles. The number of rotatable bonds is 3. The Morgan fingerprint density at radius 3 is 2.36 bits per heavy atom. The fourth-order valence-corrected chi connectivity index (χ4v) is 3.97. The minimum absolute atomic E-state index is 0.0127. The maximum atomic E-state index is 13.1. The minimum Gasteiger partial charge on any atom is -0.361 e. The van der Waals surface area contributed by atoms with E-state index in [2.05, 4.69) is 0 Å². The Kier molecular flexibility index (Phi) is 4.88. The first-order valence-electron chi connectivity index (χ1n) is 9.01. The summed E-state index contributed by atoms with van der Waals surface area (Å²) in [5.41, 5.74) is 1.09. The number of amides is 1. The van der Waals surface area contributed by atoms with Gasteiger partial charge in [-0.05, 0) is 22.9 Å². The van der Waals surface area contributed by atoms with Crippen LogP contribution in [-0.4, -0.2) is 41.9 Å². The lowest BCUT2D eigenvalue weighted by molar-refractivity contribution is -0.384. The van der Waals surface area contributed by atoms with Gasteiger partial charge in [-0.3, -0.25) is 14.9 Å². The van der Waals surface area contributed by atoms with Crippen LogP contribution in [0.2, 0.25) is 5.02 Å². The molecule has 3 aromatic rings. The minimum atomic E-state index is -0.422.